The summed E-state index contributed by atoms with van der Waals surface area (Å²) in [5, 5.41) is 5.29. The Hall–Kier alpha value is -1.13. The Kier molecular flexibility index (Phi) is 2.53. The highest BCUT2D eigenvalue weighted by Crippen LogP contribution is 2.24. The van der Waals surface area contributed by atoms with Crippen LogP contribution >= 0.6 is 11.3 Å². The van der Waals surface area contributed by atoms with Crippen molar-refractivity contribution >= 4 is 17.2 Å². The SMILES string of the molecule is O=C(C1C=CCN1)N1CCc2sccc2C1. The average Bonchev–Trinajstić information content (AvgIpc) is 2.98. The second-order valence-corrected chi connectivity index (χ2v) is 5.19. The van der Waals surface area contributed by atoms with E-state index in [0.29, 0.717) is 0 Å². The van der Waals surface area contributed by atoms with Crippen LogP contribution in [0.2, 0.25) is 0 Å². The number of hydrogen-bond donors (Lipinski definition) is 1. The predicted octanol–water partition coefficient (Wildman–Crippen LogP) is 1.16. The quantitative estimate of drug-likeness (QED) is 0.740. The lowest BCUT2D eigenvalue weighted by molar-refractivity contribution is -0.132. The summed E-state index contributed by atoms with van der Waals surface area (Å²) in [5.41, 5.74) is 1.33. The van der Waals surface area contributed by atoms with Crippen molar-refractivity contribution in [3.63, 3.8) is 0 Å². The largest absolute Gasteiger partial charge is 0.336 e. The molecule has 0 fully saturated rings. The normalized spacial score (nSPS) is 23.5. The second kappa shape index (κ2) is 4.03. The van der Waals surface area contributed by atoms with Gasteiger partial charge in [0.05, 0.1) is 0 Å². The molecule has 16 heavy (non-hydrogen) atoms. The van der Waals surface area contributed by atoms with E-state index in [4.69, 9.17) is 0 Å². The molecule has 0 aromatic carbocycles. The van der Waals surface area contributed by atoms with E-state index in [9.17, 15) is 4.79 Å². The van der Waals surface area contributed by atoms with E-state index in [2.05, 4.69) is 16.8 Å². The number of rotatable bonds is 1. The van der Waals surface area contributed by atoms with E-state index >= 15 is 0 Å². The van der Waals surface area contributed by atoms with Gasteiger partial charge in [-0.3, -0.25) is 10.1 Å². The summed E-state index contributed by atoms with van der Waals surface area (Å²) in [6.45, 7) is 2.45. The van der Waals surface area contributed by atoms with Crippen molar-refractivity contribution in [2.75, 3.05) is 13.1 Å². The van der Waals surface area contributed by atoms with E-state index in [1.54, 1.807) is 11.3 Å². The fourth-order valence-electron chi connectivity index (χ4n) is 2.27. The zero-order valence-electron chi connectivity index (χ0n) is 8.98. The summed E-state index contributed by atoms with van der Waals surface area (Å²) in [7, 11) is 0. The molecule has 3 rings (SSSR count). The van der Waals surface area contributed by atoms with Gasteiger partial charge in [-0.15, -0.1) is 11.3 Å². The molecule has 0 saturated carbocycles. The molecule has 0 spiro atoms. The monoisotopic (exact) mass is 234 g/mol. The molecule has 2 aliphatic heterocycles. The van der Waals surface area contributed by atoms with Crippen LogP contribution in [0.1, 0.15) is 10.4 Å². The van der Waals surface area contributed by atoms with Gasteiger partial charge in [-0.25, -0.2) is 0 Å². The molecule has 1 aromatic rings. The third-order valence-electron chi connectivity index (χ3n) is 3.17. The van der Waals surface area contributed by atoms with Gasteiger partial charge in [0, 0.05) is 24.5 Å². The van der Waals surface area contributed by atoms with Gasteiger partial charge in [0.25, 0.3) is 0 Å². The van der Waals surface area contributed by atoms with Crippen LogP contribution in [0.5, 0.6) is 0 Å². The van der Waals surface area contributed by atoms with E-state index in [0.717, 1.165) is 26.1 Å². The fraction of sp³-hybridized carbons (Fsp3) is 0.417. The van der Waals surface area contributed by atoms with Crippen LogP contribution in [0.4, 0.5) is 0 Å². The summed E-state index contributed by atoms with van der Waals surface area (Å²) in [5.74, 6) is 0.214. The smallest absolute Gasteiger partial charge is 0.244 e. The molecule has 3 heterocycles. The van der Waals surface area contributed by atoms with E-state index in [1.165, 1.54) is 10.4 Å². The number of nitrogens with one attached hydrogen (secondary N) is 1. The molecule has 1 N–H and O–H groups in total. The van der Waals surface area contributed by atoms with Crippen LogP contribution in [0, 0.1) is 0 Å². The highest BCUT2D eigenvalue weighted by Gasteiger charge is 2.26. The number of carbonyl (C=O) groups excluding carboxylic acids is 1. The molecule has 0 bridgehead atoms. The van der Waals surface area contributed by atoms with Gasteiger partial charge in [-0.05, 0) is 23.4 Å². The summed E-state index contributed by atoms with van der Waals surface area (Å²) in [4.78, 5) is 15.6. The molecule has 0 aliphatic carbocycles. The highest BCUT2D eigenvalue weighted by atomic mass is 32.1. The standard InChI is InChI=1S/C12H14N2OS/c15-12(10-2-1-5-13-10)14-6-3-11-9(8-14)4-7-16-11/h1-2,4,7,10,13H,3,5-6,8H2. The van der Waals surface area contributed by atoms with Crippen LogP contribution < -0.4 is 5.32 Å². The molecule has 4 heteroatoms. The van der Waals surface area contributed by atoms with E-state index in [-0.39, 0.29) is 11.9 Å². The first-order chi connectivity index (χ1) is 7.84. The summed E-state index contributed by atoms with van der Waals surface area (Å²) in [6, 6.07) is 2.04. The molecule has 0 radical (unpaired) electrons. The zero-order valence-corrected chi connectivity index (χ0v) is 9.80. The van der Waals surface area contributed by atoms with Crippen LogP contribution in [-0.2, 0) is 17.8 Å². The number of fused-ring (bicyclic) bond motifs is 1. The van der Waals surface area contributed by atoms with Gasteiger partial charge in [-0.2, -0.15) is 0 Å². The summed E-state index contributed by atoms with van der Waals surface area (Å²) >= 11 is 1.80. The maximum Gasteiger partial charge on any atom is 0.244 e. The van der Waals surface area contributed by atoms with Crippen molar-refractivity contribution in [3.05, 3.63) is 34.0 Å². The Labute approximate surface area is 98.8 Å². The minimum Gasteiger partial charge on any atom is -0.336 e. The Morgan fingerprint density at radius 3 is 3.31 bits per heavy atom. The van der Waals surface area contributed by atoms with Crippen molar-refractivity contribution in [1.29, 1.82) is 0 Å². The van der Waals surface area contributed by atoms with Crippen LogP contribution in [0.15, 0.2) is 23.6 Å². The molecule has 3 nitrogen and oxygen atoms in total. The summed E-state index contributed by atoms with van der Waals surface area (Å²) < 4.78 is 0. The van der Waals surface area contributed by atoms with Gasteiger partial charge in [0.1, 0.15) is 6.04 Å². The lowest BCUT2D eigenvalue weighted by Gasteiger charge is -2.29. The number of thiophene rings is 1. The van der Waals surface area contributed by atoms with Gasteiger partial charge >= 0.3 is 0 Å². The maximum atomic E-state index is 12.1. The Morgan fingerprint density at radius 1 is 1.56 bits per heavy atom. The number of amides is 1. The van der Waals surface area contributed by atoms with E-state index < -0.39 is 0 Å². The molecule has 84 valence electrons. The van der Waals surface area contributed by atoms with E-state index in [1.807, 2.05) is 17.1 Å². The maximum absolute atomic E-state index is 12.1. The number of nitrogens with zero attached hydrogens (tertiary/aromatic N) is 1. The fourth-order valence-corrected chi connectivity index (χ4v) is 3.16. The molecular weight excluding hydrogens is 220 g/mol. The molecular formula is C12H14N2OS. The lowest BCUT2D eigenvalue weighted by Crippen LogP contribution is -2.45. The Bertz CT molecular complexity index is 438. The third kappa shape index (κ3) is 1.68. The van der Waals surface area contributed by atoms with Crippen molar-refractivity contribution in [3.8, 4) is 0 Å². The predicted molar refractivity (Wildman–Crippen MR) is 64.4 cm³/mol. The second-order valence-electron chi connectivity index (χ2n) is 4.19. The van der Waals surface area contributed by atoms with Gasteiger partial charge in [0.15, 0.2) is 0 Å². The van der Waals surface area contributed by atoms with Gasteiger partial charge in [0.2, 0.25) is 5.91 Å². The molecule has 1 atom stereocenters. The third-order valence-corrected chi connectivity index (χ3v) is 4.19. The molecule has 1 amide bonds. The van der Waals surface area contributed by atoms with Crippen LogP contribution in [-0.4, -0.2) is 29.9 Å². The van der Waals surface area contributed by atoms with Crippen LogP contribution in [0.3, 0.4) is 0 Å². The molecule has 0 saturated heterocycles. The molecule has 1 aromatic heterocycles. The highest BCUT2D eigenvalue weighted by molar-refractivity contribution is 7.10. The Morgan fingerprint density at radius 2 is 2.50 bits per heavy atom. The number of carbonyl (C=O) groups is 1. The van der Waals surface area contributed by atoms with Crippen molar-refractivity contribution < 1.29 is 4.79 Å². The average molecular weight is 234 g/mol. The zero-order chi connectivity index (χ0) is 11.0. The topological polar surface area (TPSA) is 32.3 Å². The first-order valence-corrected chi connectivity index (χ1v) is 6.46. The first kappa shape index (κ1) is 10.1. The van der Waals surface area contributed by atoms with Gasteiger partial charge in [-0.1, -0.05) is 12.2 Å². The van der Waals surface area contributed by atoms with Crippen molar-refractivity contribution in [1.82, 2.24) is 10.2 Å². The minimum atomic E-state index is -0.0971. The summed E-state index contributed by atoms with van der Waals surface area (Å²) in [6.07, 6.45) is 4.99. The lowest BCUT2D eigenvalue weighted by atomic mass is 10.1. The minimum absolute atomic E-state index is 0.0971. The number of hydrogen-bond acceptors (Lipinski definition) is 3. The Balaban J connectivity index is 1.73. The van der Waals surface area contributed by atoms with Gasteiger partial charge < -0.3 is 4.90 Å². The molecule has 2 aliphatic rings. The van der Waals surface area contributed by atoms with Crippen molar-refractivity contribution in [2.24, 2.45) is 0 Å². The molecule has 1 unspecified atom stereocenters. The first-order valence-electron chi connectivity index (χ1n) is 5.58. The van der Waals surface area contributed by atoms with Crippen LogP contribution in [0.25, 0.3) is 0 Å². The van der Waals surface area contributed by atoms with Crippen molar-refractivity contribution in [2.45, 2.75) is 19.0 Å².